The van der Waals surface area contributed by atoms with Crippen molar-refractivity contribution in [1.29, 1.82) is 0 Å². The highest BCUT2D eigenvalue weighted by Crippen LogP contribution is 2.54. The second-order valence-electron chi connectivity index (χ2n) is 6.88. The summed E-state index contributed by atoms with van der Waals surface area (Å²) in [6.45, 7) is 4.39. The summed E-state index contributed by atoms with van der Waals surface area (Å²) in [5, 5.41) is 0.745. The maximum Gasteiger partial charge on any atom is 0.211 e. The van der Waals surface area contributed by atoms with E-state index in [1.54, 1.807) is 7.11 Å². The lowest BCUT2D eigenvalue weighted by Gasteiger charge is -2.45. The first-order valence-electron chi connectivity index (χ1n) is 7.99. The third-order valence-corrected chi connectivity index (χ3v) is 5.60. The predicted molar refractivity (Wildman–Crippen MR) is 98.3 cm³/mol. The highest BCUT2D eigenvalue weighted by molar-refractivity contribution is 6.30. The zero-order chi connectivity index (χ0) is 17.1. The van der Waals surface area contributed by atoms with Gasteiger partial charge in [-0.15, -0.1) is 0 Å². The van der Waals surface area contributed by atoms with Gasteiger partial charge in [-0.25, -0.2) is 0 Å². The van der Waals surface area contributed by atoms with E-state index >= 15 is 0 Å². The van der Waals surface area contributed by atoms with Crippen molar-refractivity contribution in [1.82, 2.24) is 0 Å². The molecule has 2 heterocycles. The van der Waals surface area contributed by atoms with Gasteiger partial charge in [0.05, 0.1) is 12.5 Å². The second-order valence-corrected chi connectivity index (χ2v) is 7.32. The minimum Gasteiger partial charge on any atom is -0.497 e. The summed E-state index contributed by atoms with van der Waals surface area (Å²) in [6, 6.07) is 11.9. The van der Waals surface area contributed by atoms with Gasteiger partial charge in [0.15, 0.2) is 0 Å². The SMILES string of the molecule is COc1ccc2c(c1)OC1(C=C2)N(C)c2ccc(Cl)cc2C1(C)C. The van der Waals surface area contributed by atoms with Crippen molar-refractivity contribution in [2.75, 3.05) is 19.1 Å². The Balaban J connectivity index is 1.87. The largest absolute Gasteiger partial charge is 0.497 e. The van der Waals surface area contributed by atoms with Crippen molar-refractivity contribution in [3.63, 3.8) is 0 Å². The molecule has 0 aromatic heterocycles. The Morgan fingerprint density at radius 3 is 2.67 bits per heavy atom. The Labute approximate surface area is 147 Å². The van der Waals surface area contributed by atoms with Crippen LogP contribution in [0.15, 0.2) is 42.5 Å². The Morgan fingerprint density at radius 2 is 1.92 bits per heavy atom. The topological polar surface area (TPSA) is 21.7 Å². The van der Waals surface area contributed by atoms with E-state index < -0.39 is 5.72 Å². The molecule has 0 radical (unpaired) electrons. The standard InChI is InChI=1S/C20H20ClNO2/c1-19(2)16-11-14(21)6-8-17(16)22(3)20(19)10-9-13-5-7-15(23-4)12-18(13)24-20/h5-12H,1-4H3. The van der Waals surface area contributed by atoms with Crippen LogP contribution in [0.3, 0.4) is 0 Å². The molecule has 0 saturated heterocycles. The first-order valence-corrected chi connectivity index (χ1v) is 8.37. The number of hydrogen-bond acceptors (Lipinski definition) is 3. The Kier molecular flexibility index (Phi) is 3.17. The van der Waals surface area contributed by atoms with Gasteiger partial charge in [-0.2, -0.15) is 0 Å². The molecular formula is C20H20ClNO2. The van der Waals surface area contributed by atoms with E-state index in [2.05, 4.69) is 44.0 Å². The first kappa shape index (κ1) is 15.4. The van der Waals surface area contributed by atoms with E-state index in [4.69, 9.17) is 21.1 Å². The maximum absolute atomic E-state index is 6.59. The van der Waals surface area contributed by atoms with E-state index in [-0.39, 0.29) is 5.41 Å². The lowest BCUT2D eigenvalue weighted by atomic mass is 9.76. The van der Waals surface area contributed by atoms with E-state index in [1.165, 1.54) is 5.56 Å². The third kappa shape index (κ3) is 1.85. The minimum absolute atomic E-state index is 0.265. The van der Waals surface area contributed by atoms with Crippen LogP contribution in [0.2, 0.25) is 5.02 Å². The summed E-state index contributed by atoms with van der Waals surface area (Å²) >= 11 is 6.25. The van der Waals surface area contributed by atoms with Crippen LogP contribution in [0.1, 0.15) is 25.0 Å². The molecule has 4 rings (SSSR count). The maximum atomic E-state index is 6.59. The number of halogens is 1. The highest BCUT2D eigenvalue weighted by atomic mass is 35.5. The number of likely N-dealkylation sites (N-methyl/N-ethyl adjacent to an activating group) is 1. The van der Waals surface area contributed by atoms with Crippen molar-refractivity contribution in [3.8, 4) is 11.5 Å². The molecule has 24 heavy (non-hydrogen) atoms. The van der Waals surface area contributed by atoms with Gasteiger partial charge >= 0.3 is 0 Å². The number of ether oxygens (including phenoxy) is 2. The summed E-state index contributed by atoms with van der Waals surface area (Å²) in [4.78, 5) is 2.19. The Morgan fingerprint density at radius 1 is 1.12 bits per heavy atom. The van der Waals surface area contributed by atoms with Crippen molar-refractivity contribution in [2.24, 2.45) is 0 Å². The van der Waals surface area contributed by atoms with E-state index in [0.717, 1.165) is 27.8 Å². The third-order valence-electron chi connectivity index (χ3n) is 5.36. The zero-order valence-electron chi connectivity index (χ0n) is 14.3. The lowest BCUT2D eigenvalue weighted by Crippen LogP contribution is -2.58. The molecule has 1 unspecified atom stereocenters. The molecule has 124 valence electrons. The molecule has 1 atom stereocenters. The van der Waals surface area contributed by atoms with Crippen LogP contribution in [0.4, 0.5) is 5.69 Å². The van der Waals surface area contributed by atoms with Crippen LogP contribution in [-0.2, 0) is 5.41 Å². The Hall–Kier alpha value is -2.13. The van der Waals surface area contributed by atoms with Gasteiger partial charge in [0.25, 0.3) is 0 Å². The molecule has 1 spiro atoms. The van der Waals surface area contributed by atoms with E-state index in [0.29, 0.717) is 0 Å². The molecule has 0 bridgehead atoms. The van der Waals surface area contributed by atoms with E-state index in [1.807, 2.05) is 30.3 Å². The second kappa shape index (κ2) is 4.93. The fourth-order valence-electron chi connectivity index (χ4n) is 3.88. The molecule has 0 aliphatic carbocycles. The van der Waals surface area contributed by atoms with Crippen LogP contribution in [0, 0.1) is 0 Å². The minimum atomic E-state index is -0.598. The average Bonchev–Trinajstić information content (AvgIpc) is 2.73. The fraction of sp³-hybridized carbons (Fsp3) is 0.300. The van der Waals surface area contributed by atoms with Gasteiger partial charge in [0, 0.05) is 29.4 Å². The van der Waals surface area contributed by atoms with Gasteiger partial charge in [-0.3, -0.25) is 0 Å². The van der Waals surface area contributed by atoms with Crippen molar-refractivity contribution >= 4 is 23.4 Å². The molecular weight excluding hydrogens is 322 g/mol. The molecule has 2 aliphatic heterocycles. The van der Waals surface area contributed by atoms with Crippen LogP contribution >= 0.6 is 11.6 Å². The normalized spacial score (nSPS) is 23.0. The van der Waals surface area contributed by atoms with Crippen molar-refractivity contribution < 1.29 is 9.47 Å². The number of methoxy groups -OCH3 is 1. The molecule has 0 saturated carbocycles. The molecule has 2 aromatic carbocycles. The van der Waals surface area contributed by atoms with E-state index in [9.17, 15) is 0 Å². The monoisotopic (exact) mass is 341 g/mol. The average molecular weight is 342 g/mol. The molecule has 3 nitrogen and oxygen atoms in total. The quantitative estimate of drug-likeness (QED) is 0.738. The fourth-order valence-corrected chi connectivity index (χ4v) is 4.05. The molecule has 0 fully saturated rings. The van der Waals surface area contributed by atoms with Gasteiger partial charge in [-0.05, 0) is 61.9 Å². The lowest BCUT2D eigenvalue weighted by molar-refractivity contribution is 0.0579. The molecule has 2 aromatic rings. The molecule has 0 N–H and O–H groups in total. The van der Waals surface area contributed by atoms with Crippen LogP contribution in [-0.4, -0.2) is 19.9 Å². The van der Waals surface area contributed by atoms with Crippen LogP contribution in [0.25, 0.3) is 6.08 Å². The number of rotatable bonds is 1. The molecule has 2 aliphatic rings. The number of benzene rings is 2. The smallest absolute Gasteiger partial charge is 0.211 e. The summed E-state index contributed by atoms with van der Waals surface area (Å²) in [5.74, 6) is 1.62. The highest BCUT2D eigenvalue weighted by Gasteiger charge is 2.57. The molecule has 0 amide bonds. The van der Waals surface area contributed by atoms with Crippen LogP contribution in [0.5, 0.6) is 11.5 Å². The number of fused-ring (bicyclic) bond motifs is 2. The van der Waals surface area contributed by atoms with Crippen LogP contribution < -0.4 is 14.4 Å². The first-order chi connectivity index (χ1) is 11.4. The molecule has 4 heteroatoms. The van der Waals surface area contributed by atoms with Gasteiger partial charge in [0.1, 0.15) is 11.5 Å². The van der Waals surface area contributed by atoms with Crippen molar-refractivity contribution in [2.45, 2.75) is 25.0 Å². The Bertz CT molecular complexity index is 859. The van der Waals surface area contributed by atoms with Gasteiger partial charge < -0.3 is 14.4 Å². The summed E-state index contributed by atoms with van der Waals surface area (Å²) in [7, 11) is 3.73. The predicted octanol–water partition coefficient (Wildman–Crippen LogP) is 4.88. The summed E-state index contributed by atoms with van der Waals surface area (Å²) in [6.07, 6.45) is 4.28. The number of anilines is 1. The van der Waals surface area contributed by atoms with Gasteiger partial charge in [-0.1, -0.05) is 11.6 Å². The summed E-state index contributed by atoms with van der Waals surface area (Å²) in [5.41, 5.74) is 2.52. The number of hydrogen-bond donors (Lipinski definition) is 0. The van der Waals surface area contributed by atoms with Crippen molar-refractivity contribution in [3.05, 3.63) is 58.6 Å². The van der Waals surface area contributed by atoms with Gasteiger partial charge in [0.2, 0.25) is 5.72 Å². The zero-order valence-corrected chi connectivity index (χ0v) is 15.0. The number of nitrogens with zero attached hydrogens (tertiary/aromatic N) is 1. The summed E-state index contributed by atoms with van der Waals surface area (Å²) < 4.78 is 11.9.